The first-order chi connectivity index (χ1) is 13.5. The Hall–Kier alpha value is -2.77. The number of amides is 2. The Morgan fingerprint density at radius 3 is 2.82 bits per heavy atom. The van der Waals surface area contributed by atoms with Crippen LogP contribution in [0.2, 0.25) is 5.02 Å². The number of carbonyl (C=O) groups excluding carboxylic acids is 2. The highest BCUT2D eigenvalue weighted by Crippen LogP contribution is 2.35. The number of carbonyl (C=O) groups is 2. The smallest absolute Gasteiger partial charge is 0.257 e. The number of benzene rings is 2. The van der Waals surface area contributed by atoms with E-state index in [1.54, 1.807) is 29.2 Å². The Kier molecular flexibility index (Phi) is 5.11. The molecule has 8 heteroatoms. The van der Waals surface area contributed by atoms with Crippen LogP contribution in [0.5, 0.6) is 0 Å². The van der Waals surface area contributed by atoms with Crippen molar-refractivity contribution in [3.63, 3.8) is 0 Å². The first kappa shape index (κ1) is 18.6. The normalized spacial score (nSPS) is 16.4. The van der Waals surface area contributed by atoms with Crippen molar-refractivity contribution in [3.05, 3.63) is 69.7 Å². The van der Waals surface area contributed by atoms with Gasteiger partial charge in [-0.3, -0.25) is 14.9 Å². The lowest BCUT2D eigenvalue weighted by atomic mass is 10.1. The molecule has 0 bridgehead atoms. The molecule has 2 amide bonds. The molecule has 4 rings (SSSR count). The SMILES string of the molecule is Cc1ccccc1N1CC(c2nnc(NC(=O)c3cccc(Cl)c3)s2)CC1=O. The van der Waals surface area contributed by atoms with Crippen molar-refractivity contribution >= 4 is 45.6 Å². The predicted molar refractivity (Wildman–Crippen MR) is 110 cm³/mol. The van der Waals surface area contributed by atoms with Crippen LogP contribution in [0.1, 0.15) is 33.3 Å². The van der Waals surface area contributed by atoms with Crippen LogP contribution in [0.25, 0.3) is 0 Å². The second kappa shape index (κ2) is 7.69. The fourth-order valence-electron chi connectivity index (χ4n) is 3.22. The Morgan fingerprint density at radius 2 is 2.04 bits per heavy atom. The van der Waals surface area contributed by atoms with Crippen LogP contribution in [0.4, 0.5) is 10.8 Å². The number of para-hydroxylation sites is 1. The van der Waals surface area contributed by atoms with Gasteiger partial charge < -0.3 is 4.90 Å². The van der Waals surface area contributed by atoms with E-state index in [-0.39, 0.29) is 17.7 Å². The van der Waals surface area contributed by atoms with Crippen LogP contribution in [0.3, 0.4) is 0 Å². The zero-order chi connectivity index (χ0) is 19.7. The minimum atomic E-state index is -0.297. The summed E-state index contributed by atoms with van der Waals surface area (Å²) in [6, 6.07) is 14.5. The molecule has 142 valence electrons. The van der Waals surface area contributed by atoms with Crippen molar-refractivity contribution in [2.75, 3.05) is 16.8 Å². The summed E-state index contributed by atoms with van der Waals surface area (Å²) in [7, 11) is 0. The molecule has 0 radical (unpaired) electrons. The molecule has 1 aromatic heterocycles. The van der Waals surface area contributed by atoms with E-state index in [0.717, 1.165) is 16.3 Å². The van der Waals surface area contributed by atoms with Gasteiger partial charge >= 0.3 is 0 Å². The molecule has 0 saturated carbocycles. The molecule has 1 aliphatic heterocycles. The Balaban J connectivity index is 1.47. The third-order valence-corrected chi connectivity index (χ3v) is 5.86. The Bertz CT molecular complexity index is 1050. The van der Waals surface area contributed by atoms with Crippen molar-refractivity contribution in [1.82, 2.24) is 10.2 Å². The minimum absolute atomic E-state index is 0.0403. The lowest BCUT2D eigenvalue weighted by Gasteiger charge is -2.18. The van der Waals surface area contributed by atoms with Crippen molar-refractivity contribution in [1.29, 1.82) is 0 Å². The summed E-state index contributed by atoms with van der Waals surface area (Å²) in [6.07, 6.45) is 0.380. The summed E-state index contributed by atoms with van der Waals surface area (Å²) in [5.74, 6) is -0.269. The largest absolute Gasteiger partial charge is 0.311 e. The molecule has 3 aromatic rings. The Morgan fingerprint density at radius 1 is 1.21 bits per heavy atom. The molecule has 1 saturated heterocycles. The number of anilines is 2. The van der Waals surface area contributed by atoms with E-state index < -0.39 is 0 Å². The van der Waals surface area contributed by atoms with Crippen molar-refractivity contribution in [3.8, 4) is 0 Å². The van der Waals surface area contributed by atoms with Crippen LogP contribution in [-0.2, 0) is 4.79 Å². The molecule has 2 aromatic carbocycles. The summed E-state index contributed by atoms with van der Waals surface area (Å²) in [6.45, 7) is 2.55. The molecule has 1 atom stereocenters. The summed E-state index contributed by atoms with van der Waals surface area (Å²) >= 11 is 7.22. The monoisotopic (exact) mass is 412 g/mol. The predicted octanol–water partition coefficient (Wildman–Crippen LogP) is 4.27. The number of nitrogens with zero attached hydrogens (tertiary/aromatic N) is 3. The van der Waals surface area contributed by atoms with Gasteiger partial charge in [0.25, 0.3) is 5.91 Å². The van der Waals surface area contributed by atoms with Crippen molar-refractivity contribution in [2.24, 2.45) is 0 Å². The average Bonchev–Trinajstić information content (AvgIpc) is 3.29. The standard InChI is InChI=1S/C20H17ClN4O2S/c1-12-5-2-3-8-16(12)25-11-14(10-17(25)26)19-23-24-20(28-19)22-18(27)13-6-4-7-15(21)9-13/h2-9,14H,10-11H2,1H3,(H,22,24,27). The van der Waals surface area contributed by atoms with E-state index in [1.807, 2.05) is 31.2 Å². The molecule has 28 heavy (non-hydrogen) atoms. The molecule has 1 N–H and O–H groups in total. The van der Waals surface area contributed by atoms with Crippen LogP contribution < -0.4 is 10.2 Å². The fourth-order valence-corrected chi connectivity index (χ4v) is 4.24. The second-order valence-electron chi connectivity index (χ2n) is 6.60. The van der Waals surface area contributed by atoms with Crippen LogP contribution in [0.15, 0.2) is 48.5 Å². The summed E-state index contributed by atoms with van der Waals surface area (Å²) < 4.78 is 0. The van der Waals surface area contributed by atoms with Crippen molar-refractivity contribution < 1.29 is 9.59 Å². The van der Waals surface area contributed by atoms with Gasteiger partial charge in [-0.25, -0.2) is 0 Å². The molecular formula is C20H17ClN4O2S. The van der Waals surface area contributed by atoms with Gasteiger partial charge in [0.15, 0.2) is 0 Å². The molecule has 1 fully saturated rings. The third kappa shape index (κ3) is 3.76. The quantitative estimate of drug-likeness (QED) is 0.694. The maximum Gasteiger partial charge on any atom is 0.257 e. The average molecular weight is 413 g/mol. The third-order valence-electron chi connectivity index (χ3n) is 4.63. The first-order valence-corrected chi connectivity index (χ1v) is 9.97. The summed E-state index contributed by atoms with van der Waals surface area (Å²) in [4.78, 5) is 26.6. The number of halogens is 1. The van der Waals surface area contributed by atoms with Crippen LogP contribution in [-0.4, -0.2) is 28.6 Å². The maximum absolute atomic E-state index is 12.5. The highest BCUT2D eigenvalue weighted by Gasteiger charge is 2.34. The minimum Gasteiger partial charge on any atom is -0.311 e. The number of hydrogen-bond acceptors (Lipinski definition) is 5. The number of hydrogen-bond donors (Lipinski definition) is 1. The highest BCUT2D eigenvalue weighted by molar-refractivity contribution is 7.15. The van der Waals surface area contributed by atoms with E-state index in [9.17, 15) is 9.59 Å². The number of aryl methyl sites for hydroxylation is 1. The van der Waals surface area contributed by atoms with Gasteiger partial charge in [-0.2, -0.15) is 0 Å². The topological polar surface area (TPSA) is 75.2 Å². The molecular weight excluding hydrogens is 396 g/mol. The number of aromatic nitrogens is 2. The molecule has 0 spiro atoms. The molecule has 1 aliphatic rings. The second-order valence-corrected chi connectivity index (χ2v) is 8.05. The summed E-state index contributed by atoms with van der Waals surface area (Å²) in [5, 5.41) is 12.6. The van der Waals surface area contributed by atoms with Gasteiger partial charge in [-0.1, -0.05) is 47.2 Å². The van der Waals surface area contributed by atoms with Crippen LogP contribution >= 0.6 is 22.9 Å². The zero-order valence-corrected chi connectivity index (χ0v) is 16.6. The van der Waals surface area contributed by atoms with Gasteiger partial charge in [0.1, 0.15) is 5.01 Å². The first-order valence-electron chi connectivity index (χ1n) is 8.77. The fraction of sp³-hybridized carbons (Fsp3) is 0.200. The van der Waals surface area contributed by atoms with E-state index in [2.05, 4.69) is 15.5 Å². The maximum atomic E-state index is 12.5. The Labute approximate surface area is 171 Å². The lowest BCUT2D eigenvalue weighted by Crippen LogP contribution is -2.25. The number of rotatable bonds is 4. The van der Waals surface area contributed by atoms with E-state index >= 15 is 0 Å². The molecule has 6 nitrogen and oxygen atoms in total. The molecule has 1 unspecified atom stereocenters. The van der Waals surface area contributed by atoms with Gasteiger partial charge in [0.2, 0.25) is 11.0 Å². The van der Waals surface area contributed by atoms with Crippen LogP contribution in [0, 0.1) is 6.92 Å². The lowest BCUT2D eigenvalue weighted by molar-refractivity contribution is -0.117. The van der Waals surface area contributed by atoms with Gasteiger partial charge in [0.05, 0.1) is 0 Å². The van der Waals surface area contributed by atoms with Crippen molar-refractivity contribution in [2.45, 2.75) is 19.3 Å². The van der Waals surface area contributed by atoms with E-state index in [4.69, 9.17) is 11.6 Å². The van der Waals surface area contributed by atoms with E-state index in [1.165, 1.54) is 11.3 Å². The molecule has 0 aliphatic carbocycles. The van der Waals surface area contributed by atoms with Gasteiger partial charge in [-0.05, 0) is 36.8 Å². The number of nitrogens with one attached hydrogen (secondary N) is 1. The van der Waals surface area contributed by atoms with Gasteiger partial charge in [-0.15, -0.1) is 10.2 Å². The molecule has 2 heterocycles. The summed E-state index contributed by atoms with van der Waals surface area (Å²) in [5.41, 5.74) is 2.43. The van der Waals surface area contributed by atoms with E-state index in [0.29, 0.717) is 28.7 Å². The van der Waals surface area contributed by atoms with Gasteiger partial charge in [0, 0.05) is 35.2 Å². The highest BCUT2D eigenvalue weighted by atomic mass is 35.5. The zero-order valence-electron chi connectivity index (χ0n) is 15.1.